The van der Waals surface area contributed by atoms with Crippen LogP contribution in [0.3, 0.4) is 0 Å². The van der Waals surface area contributed by atoms with Crippen molar-refractivity contribution in [3.63, 3.8) is 0 Å². The number of anilines is 2. The van der Waals surface area contributed by atoms with Gasteiger partial charge in [-0.1, -0.05) is 30.3 Å². The third-order valence-corrected chi connectivity index (χ3v) is 7.51. The van der Waals surface area contributed by atoms with E-state index in [1.165, 1.54) is 37.1 Å². The Labute approximate surface area is 184 Å². The van der Waals surface area contributed by atoms with Crippen LogP contribution in [0.2, 0.25) is 0 Å². The monoisotopic (exact) mass is 456 g/mol. The lowest BCUT2D eigenvalue weighted by Gasteiger charge is -2.14. The number of hydrogen-bond donors (Lipinski definition) is 3. The molecular weight excluding hydrogens is 436 g/mol. The van der Waals surface area contributed by atoms with Gasteiger partial charge in [0.25, 0.3) is 10.0 Å². The molecule has 3 aromatic rings. The maximum absolute atomic E-state index is 12.9. The number of phenolic OH excluding ortho intramolecular Hbond substituents is 1. The molecule has 0 aliphatic carbocycles. The van der Waals surface area contributed by atoms with Gasteiger partial charge in [-0.15, -0.1) is 11.8 Å². The van der Waals surface area contributed by atoms with Crippen LogP contribution in [0, 0.1) is 0 Å². The minimum absolute atomic E-state index is 0.0319. The van der Waals surface area contributed by atoms with Crippen molar-refractivity contribution in [2.45, 2.75) is 21.5 Å². The number of nitrogens with one attached hydrogen (secondary N) is 2. The van der Waals surface area contributed by atoms with Crippen molar-refractivity contribution in [2.75, 3.05) is 17.1 Å². The minimum atomic E-state index is -3.98. The summed E-state index contributed by atoms with van der Waals surface area (Å²) < 4.78 is 33.4. The molecule has 0 fully saturated rings. The van der Waals surface area contributed by atoms with E-state index in [9.17, 15) is 18.3 Å². The second kappa shape index (κ2) is 8.52. The quantitative estimate of drug-likeness (QED) is 0.487. The number of fused-ring (bicyclic) bond motifs is 1. The van der Waals surface area contributed by atoms with Crippen molar-refractivity contribution in [2.24, 2.45) is 0 Å². The van der Waals surface area contributed by atoms with Gasteiger partial charge in [-0.25, -0.2) is 8.42 Å². The van der Waals surface area contributed by atoms with Gasteiger partial charge < -0.3 is 15.2 Å². The summed E-state index contributed by atoms with van der Waals surface area (Å²) in [6.45, 7) is 0. The molecule has 0 spiro atoms. The summed E-state index contributed by atoms with van der Waals surface area (Å²) >= 11 is 1.45. The number of benzene rings is 3. The summed E-state index contributed by atoms with van der Waals surface area (Å²) in [5.41, 5.74) is 1.41. The van der Waals surface area contributed by atoms with Gasteiger partial charge in [0.15, 0.2) is 0 Å². The van der Waals surface area contributed by atoms with Gasteiger partial charge in [0.05, 0.1) is 28.6 Å². The molecule has 7 nitrogen and oxygen atoms in total. The Morgan fingerprint density at radius 3 is 2.58 bits per heavy atom. The molecule has 0 aromatic heterocycles. The van der Waals surface area contributed by atoms with Gasteiger partial charge in [0, 0.05) is 4.90 Å². The van der Waals surface area contributed by atoms with Crippen LogP contribution in [0.4, 0.5) is 11.4 Å². The number of sulfonamides is 1. The number of methoxy groups -OCH3 is 1. The standard InChI is InChI=1S/C22H20N2O5S2/c1-29-19-8-4-3-7-16(19)24-31(27,28)15-10-11-18(25)17(13-15)23-22(26)21-12-14-6-2-5-9-20(14)30-21/h2-11,13,21,24-25H,12H2,1H3,(H,23,26)/t21-/m1/s1. The Balaban J connectivity index is 1.54. The molecule has 3 aromatic carbocycles. The highest BCUT2D eigenvalue weighted by Gasteiger charge is 2.29. The average molecular weight is 457 g/mol. The summed E-state index contributed by atoms with van der Waals surface area (Å²) in [5.74, 6) is -0.148. The van der Waals surface area contributed by atoms with Gasteiger partial charge in [-0.05, 0) is 48.4 Å². The van der Waals surface area contributed by atoms with Crippen molar-refractivity contribution < 1.29 is 23.1 Å². The smallest absolute Gasteiger partial charge is 0.262 e. The molecule has 1 heterocycles. The fourth-order valence-corrected chi connectivity index (χ4v) is 5.55. The number of carbonyl (C=O) groups is 1. The number of aromatic hydroxyl groups is 1. The van der Waals surface area contributed by atoms with Crippen molar-refractivity contribution >= 4 is 39.1 Å². The molecule has 1 atom stereocenters. The number of rotatable bonds is 6. The van der Waals surface area contributed by atoms with Gasteiger partial charge in [-0.3, -0.25) is 9.52 Å². The van der Waals surface area contributed by atoms with E-state index in [0.29, 0.717) is 12.2 Å². The summed E-state index contributed by atoms with van der Waals surface area (Å²) in [7, 11) is -2.54. The summed E-state index contributed by atoms with van der Waals surface area (Å²) in [5, 5.41) is 12.5. The van der Waals surface area contributed by atoms with E-state index in [1.807, 2.05) is 24.3 Å². The van der Waals surface area contributed by atoms with Crippen molar-refractivity contribution in [3.05, 3.63) is 72.3 Å². The van der Waals surface area contributed by atoms with Gasteiger partial charge in [0.1, 0.15) is 11.5 Å². The van der Waals surface area contributed by atoms with Gasteiger partial charge in [0.2, 0.25) is 5.91 Å². The van der Waals surface area contributed by atoms with E-state index in [4.69, 9.17) is 4.74 Å². The molecule has 1 aliphatic rings. The molecule has 0 saturated heterocycles. The first-order chi connectivity index (χ1) is 14.9. The zero-order chi connectivity index (χ0) is 22.0. The van der Waals surface area contributed by atoms with Crippen LogP contribution in [0.5, 0.6) is 11.5 Å². The van der Waals surface area contributed by atoms with Crippen molar-refractivity contribution in [1.29, 1.82) is 0 Å². The van der Waals surface area contributed by atoms with E-state index in [2.05, 4.69) is 10.0 Å². The molecule has 4 rings (SSSR count). The predicted octanol–water partition coefficient (Wildman–Crippen LogP) is 3.86. The molecule has 160 valence electrons. The van der Waals surface area contributed by atoms with E-state index in [0.717, 1.165) is 10.5 Å². The highest BCUT2D eigenvalue weighted by molar-refractivity contribution is 8.01. The first kappa shape index (κ1) is 21.1. The first-order valence-corrected chi connectivity index (χ1v) is 11.8. The lowest BCUT2D eigenvalue weighted by Crippen LogP contribution is -2.25. The Kier molecular flexibility index (Phi) is 5.79. The Morgan fingerprint density at radius 1 is 1.06 bits per heavy atom. The van der Waals surface area contributed by atoms with Crippen LogP contribution in [-0.2, 0) is 21.2 Å². The van der Waals surface area contributed by atoms with Crippen molar-refractivity contribution in [3.8, 4) is 11.5 Å². The maximum Gasteiger partial charge on any atom is 0.262 e. The molecule has 0 radical (unpaired) electrons. The fraction of sp³-hybridized carbons (Fsp3) is 0.136. The summed E-state index contributed by atoms with van der Waals surface area (Å²) in [4.78, 5) is 13.7. The van der Waals surface area contributed by atoms with Crippen LogP contribution in [0.15, 0.2) is 76.5 Å². The number of carbonyl (C=O) groups excluding carboxylic acids is 1. The minimum Gasteiger partial charge on any atom is -0.506 e. The van der Waals surface area contributed by atoms with E-state index in [-0.39, 0.29) is 33.2 Å². The molecule has 1 amide bonds. The normalized spacial score (nSPS) is 15.2. The number of ether oxygens (including phenoxy) is 1. The Bertz CT molecular complexity index is 1220. The third-order valence-electron chi connectivity index (χ3n) is 4.83. The number of amides is 1. The predicted molar refractivity (Wildman–Crippen MR) is 120 cm³/mol. The SMILES string of the molecule is COc1ccccc1NS(=O)(=O)c1ccc(O)c(NC(=O)[C@H]2Cc3ccccc3S2)c1. The van der Waals surface area contributed by atoms with Crippen LogP contribution in [0.25, 0.3) is 0 Å². The number of hydrogen-bond acceptors (Lipinski definition) is 6. The molecule has 9 heteroatoms. The number of phenols is 1. The fourth-order valence-electron chi connectivity index (χ4n) is 3.26. The molecule has 0 unspecified atom stereocenters. The number of para-hydroxylation sites is 2. The van der Waals surface area contributed by atoms with Crippen LogP contribution in [0.1, 0.15) is 5.56 Å². The highest BCUT2D eigenvalue weighted by atomic mass is 32.2. The second-order valence-electron chi connectivity index (χ2n) is 6.89. The average Bonchev–Trinajstić information content (AvgIpc) is 3.20. The van der Waals surface area contributed by atoms with Gasteiger partial charge in [-0.2, -0.15) is 0 Å². The topological polar surface area (TPSA) is 105 Å². The van der Waals surface area contributed by atoms with E-state index in [1.54, 1.807) is 24.3 Å². The van der Waals surface area contributed by atoms with E-state index < -0.39 is 10.0 Å². The Morgan fingerprint density at radius 2 is 1.81 bits per heavy atom. The number of thioether (sulfide) groups is 1. The van der Waals surface area contributed by atoms with Crippen molar-refractivity contribution in [1.82, 2.24) is 0 Å². The molecule has 3 N–H and O–H groups in total. The molecule has 0 saturated carbocycles. The molecule has 31 heavy (non-hydrogen) atoms. The van der Waals surface area contributed by atoms with Crippen LogP contribution in [-0.4, -0.2) is 31.8 Å². The van der Waals surface area contributed by atoms with Gasteiger partial charge >= 0.3 is 0 Å². The Hall–Kier alpha value is -3.17. The first-order valence-electron chi connectivity index (χ1n) is 9.41. The molecular formula is C22H20N2O5S2. The lowest BCUT2D eigenvalue weighted by molar-refractivity contribution is -0.115. The molecule has 1 aliphatic heterocycles. The van der Waals surface area contributed by atoms with Crippen LogP contribution < -0.4 is 14.8 Å². The molecule has 0 bridgehead atoms. The second-order valence-corrected chi connectivity index (χ2v) is 9.82. The zero-order valence-corrected chi connectivity index (χ0v) is 18.2. The lowest BCUT2D eigenvalue weighted by atomic mass is 10.1. The van der Waals surface area contributed by atoms with E-state index >= 15 is 0 Å². The summed E-state index contributed by atoms with van der Waals surface area (Å²) in [6, 6.07) is 18.1. The summed E-state index contributed by atoms with van der Waals surface area (Å²) in [6.07, 6.45) is 0.570. The maximum atomic E-state index is 12.9. The zero-order valence-electron chi connectivity index (χ0n) is 16.5. The highest BCUT2D eigenvalue weighted by Crippen LogP contribution is 2.38. The third kappa shape index (κ3) is 4.47. The largest absolute Gasteiger partial charge is 0.506 e. The van der Waals surface area contributed by atoms with Crippen LogP contribution >= 0.6 is 11.8 Å².